The zero-order chi connectivity index (χ0) is 29.0. The molecule has 0 aliphatic rings. The number of hydrogen-bond acceptors (Lipinski definition) is 3. The average Bonchev–Trinajstić information content (AvgIpc) is 2.99. The first-order valence-electron chi connectivity index (χ1n) is 13.0. The molecule has 0 spiro atoms. The van der Waals surface area contributed by atoms with Gasteiger partial charge in [0.15, 0.2) is 0 Å². The molecule has 0 unspecified atom stereocenters. The van der Waals surface area contributed by atoms with Crippen molar-refractivity contribution in [1.82, 2.24) is 9.88 Å². The van der Waals surface area contributed by atoms with Crippen molar-refractivity contribution >= 4 is 28.4 Å². The van der Waals surface area contributed by atoms with Crippen molar-refractivity contribution in [3.63, 3.8) is 0 Å². The van der Waals surface area contributed by atoms with Crippen LogP contribution in [0.25, 0.3) is 22.0 Å². The number of nitrogens with one attached hydrogen (secondary N) is 1. The summed E-state index contributed by atoms with van der Waals surface area (Å²) in [5.41, 5.74) is 3.17. The number of benzene rings is 4. The number of amides is 2. The Morgan fingerprint density at radius 1 is 0.854 bits per heavy atom. The van der Waals surface area contributed by atoms with Gasteiger partial charge in [0.05, 0.1) is 16.6 Å². The minimum Gasteiger partial charge on any atom is -0.335 e. The van der Waals surface area contributed by atoms with Crippen LogP contribution in [0.5, 0.6) is 0 Å². The molecule has 0 fully saturated rings. The predicted molar refractivity (Wildman–Crippen MR) is 153 cm³/mol. The molecular weight excluding hydrogens is 527 g/mol. The highest BCUT2D eigenvalue weighted by molar-refractivity contribution is 6.09. The third kappa shape index (κ3) is 6.27. The van der Waals surface area contributed by atoms with Crippen molar-refractivity contribution < 1.29 is 22.8 Å². The van der Waals surface area contributed by atoms with E-state index in [0.717, 1.165) is 23.1 Å². The van der Waals surface area contributed by atoms with E-state index >= 15 is 0 Å². The molecule has 0 aliphatic heterocycles. The van der Waals surface area contributed by atoms with Gasteiger partial charge in [-0.05, 0) is 60.0 Å². The summed E-state index contributed by atoms with van der Waals surface area (Å²) in [5.74, 6) is -0.533. The molecule has 206 valence electrons. The van der Waals surface area contributed by atoms with Gasteiger partial charge in [0.2, 0.25) is 0 Å². The van der Waals surface area contributed by atoms with Gasteiger partial charge in [-0.25, -0.2) is 0 Å². The largest absolute Gasteiger partial charge is 0.416 e. The fraction of sp³-hybridized carbons (Fsp3) is 0.121. The summed E-state index contributed by atoms with van der Waals surface area (Å²) in [6.07, 6.45) is -2.91. The Kier molecular flexibility index (Phi) is 7.83. The average molecular weight is 554 g/mol. The topological polar surface area (TPSA) is 62.3 Å². The van der Waals surface area contributed by atoms with Crippen LogP contribution in [0.15, 0.2) is 109 Å². The summed E-state index contributed by atoms with van der Waals surface area (Å²) in [6.45, 7) is 2.97. The molecule has 0 atom stereocenters. The molecule has 0 radical (unpaired) electrons. The Hall–Kier alpha value is -4.98. The molecule has 0 saturated heterocycles. The quantitative estimate of drug-likeness (QED) is 0.223. The molecule has 5 rings (SSSR count). The lowest BCUT2D eigenvalue weighted by molar-refractivity contribution is -0.137. The SMILES string of the molecule is CCN(Cc1ccccc1)C(=O)c1cnc2cc(NC(=O)c3ccccc3-c3ccc(C(F)(F)F)cc3)ccc2c1. The number of halogens is 3. The molecule has 1 N–H and O–H groups in total. The second kappa shape index (κ2) is 11.6. The summed E-state index contributed by atoms with van der Waals surface area (Å²) < 4.78 is 39.0. The highest BCUT2D eigenvalue weighted by atomic mass is 19.4. The number of alkyl halides is 3. The lowest BCUT2D eigenvalue weighted by Crippen LogP contribution is -2.30. The van der Waals surface area contributed by atoms with Gasteiger partial charge in [0.25, 0.3) is 11.8 Å². The molecule has 0 aliphatic carbocycles. The molecule has 2 amide bonds. The van der Waals surface area contributed by atoms with Crippen LogP contribution in [-0.2, 0) is 12.7 Å². The number of aromatic nitrogens is 1. The normalized spacial score (nSPS) is 11.3. The standard InChI is InChI=1S/C33H26F3N3O2/c1-2-39(21-22-8-4-3-5-9-22)32(41)25-18-24-14-17-27(19-30(24)37-20-25)38-31(40)29-11-7-6-10-28(29)23-12-15-26(16-13-23)33(34,35)36/h3-20H,2,21H2,1H3,(H,38,40). The van der Waals surface area contributed by atoms with Crippen LogP contribution in [0.1, 0.15) is 38.8 Å². The van der Waals surface area contributed by atoms with Crippen LogP contribution in [0.4, 0.5) is 18.9 Å². The number of rotatable bonds is 7. The molecule has 0 bridgehead atoms. The highest BCUT2D eigenvalue weighted by Crippen LogP contribution is 2.32. The minimum atomic E-state index is -4.44. The van der Waals surface area contributed by atoms with Crippen LogP contribution >= 0.6 is 0 Å². The number of nitrogens with zero attached hydrogens (tertiary/aromatic N) is 2. The first-order chi connectivity index (χ1) is 19.7. The number of pyridine rings is 1. The Morgan fingerprint density at radius 3 is 2.27 bits per heavy atom. The minimum absolute atomic E-state index is 0.122. The Bertz CT molecular complexity index is 1700. The summed E-state index contributed by atoms with van der Waals surface area (Å²) in [6, 6.07) is 28.2. The van der Waals surface area contributed by atoms with Crippen molar-refractivity contribution in [3.05, 3.63) is 132 Å². The summed E-state index contributed by atoms with van der Waals surface area (Å²) >= 11 is 0. The summed E-state index contributed by atoms with van der Waals surface area (Å²) in [5, 5.41) is 3.60. The number of carbonyl (C=O) groups is 2. The number of anilines is 1. The van der Waals surface area contributed by atoms with Gasteiger partial charge in [-0.2, -0.15) is 13.2 Å². The van der Waals surface area contributed by atoms with Crippen molar-refractivity contribution in [2.24, 2.45) is 0 Å². The Labute approximate surface area is 235 Å². The van der Waals surface area contributed by atoms with Gasteiger partial charge in [-0.3, -0.25) is 14.6 Å². The number of hydrogen-bond donors (Lipinski definition) is 1. The molecule has 8 heteroatoms. The number of carbonyl (C=O) groups excluding carboxylic acids is 2. The monoisotopic (exact) mass is 553 g/mol. The van der Waals surface area contributed by atoms with E-state index in [4.69, 9.17) is 0 Å². The van der Waals surface area contributed by atoms with E-state index in [1.54, 1.807) is 53.4 Å². The summed E-state index contributed by atoms with van der Waals surface area (Å²) in [7, 11) is 0. The highest BCUT2D eigenvalue weighted by Gasteiger charge is 2.30. The van der Waals surface area contributed by atoms with E-state index in [9.17, 15) is 22.8 Å². The molecule has 1 aromatic heterocycles. The molecule has 5 nitrogen and oxygen atoms in total. The Balaban J connectivity index is 1.34. The molecular formula is C33H26F3N3O2. The van der Waals surface area contributed by atoms with Crippen LogP contribution in [0.2, 0.25) is 0 Å². The zero-order valence-corrected chi connectivity index (χ0v) is 22.2. The van der Waals surface area contributed by atoms with Gasteiger partial charge in [-0.15, -0.1) is 0 Å². The predicted octanol–water partition coefficient (Wildman–Crippen LogP) is 7.84. The third-order valence-electron chi connectivity index (χ3n) is 6.77. The lowest BCUT2D eigenvalue weighted by Gasteiger charge is -2.21. The second-order valence-corrected chi connectivity index (χ2v) is 9.51. The van der Waals surface area contributed by atoms with Crippen LogP contribution in [-0.4, -0.2) is 28.2 Å². The van der Waals surface area contributed by atoms with Gasteiger partial charge in [0, 0.05) is 35.9 Å². The van der Waals surface area contributed by atoms with E-state index in [1.807, 2.05) is 37.3 Å². The Morgan fingerprint density at radius 2 is 1.56 bits per heavy atom. The van der Waals surface area contributed by atoms with Gasteiger partial charge in [-0.1, -0.05) is 66.7 Å². The first kappa shape index (κ1) is 27.6. The fourth-order valence-corrected chi connectivity index (χ4v) is 4.60. The summed E-state index contributed by atoms with van der Waals surface area (Å²) in [4.78, 5) is 32.6. The van der Waals surface area contributed by atoms with E-state index in [2.05, 4.69) is 10.3 Å². The fourth-order valence-electron chi connectivity index (χ4n) is 4.60. The number of fused-ring (bicyclic) bond motifs is 1. The smallest absolute Gasteiger partial charge is 0.335 e. The van der Waals surface area contributed by atoms with Gasteiger partial charge in [0.1, 0.15) is 0 Å². The van der Waals surface area contributed by atoms with Crippen molar-refractivity contribution in [2.45, 2.75) is 19.6 Å². The van der Waals surface area contributed by atoms with Gasteiger partial charge < -0.3 is 10.2 Å². The molecule has 5 aromatic rings. The van der Waals surface area contributed by atoms with Crippen LogP contribution in [0, 0.1) is 0 Å². The van der Waals surface area contributed by atoms with Crippen LogP contribution < -0.4 is 5.32 Å². The van der Waals surface area contributed by atoms with Crippen molar-refractivity contribution in [2.75, 3.05) is 11.9 Å². The van der Waals surface area contributed by atoms with Crippen LogP contribution in [0.3, 0.4) is 0 Å². The lowest BCUT2D eigenvalue weighted by atomic mass is 9.98. The third-order valence-corrected chi connectivity index (χ3v) is 6.77. The maximum atomic E-state index is 13.2. The van der Waals surface area contributed by atoms with Crippen molar-refractivity contribution in [1.29, 1.82) is 0 Å². The van der Waals surface area contributed by atoms with E-state index in [0.29, 0.717) is 46.5 Å². The van der Waals surface area contributed by atoms with Crippen molar-refractivity contribution in [3.8, 4) is 11.1 Å². The van der Waals surface area contributed by atoms with E-state index in [-0.39, 0.29) is 5.91 Å². The maximum Gasteiger partial charge on any atom is 0.416 e. The first-order valence-corrected chi connectivity index (χ1v) is 13.0. The molecule has 1 heterocycles. The molecule has 0 saturated carbocycles. The maximum absolute atomic E-state index is 13.2. The second-order valence-electron chi connectivity index (χ2n) is 9.51. The van der Waals surface area contributed by atoms with E-state index in [1.165, 1.54) is 18.3 Å². The molecule has 4 aromatic carbocycles. The van der Waals surface area contributed by atoms with Gasteiger partial charge >= 0.3 is 6.18 Å². The molecule has 41 heavy (non-hydrogen) atoms. The van der Waals surface area contributed by atoms with E-state index < -0.39 is 17.6 Å². The zero-order valence-electron chi connectivity index (χ0n) is 22.2.